The molecule has 2 rings (SSSR count). The highest BCUT2D eigenvalue weighted by molar-refractivity contribution is 7.90. The number of benzene rings is 1. The smallest absolute Gasteiger partial charge is 0.218 e. The molecule has 19 heavy (non-hydrogen) atoms. The van der Waals surface area contributed by atoms with Crippen LogP contribution in [0.5, 0.6) is 0 Å². The maximum atomic E-state index is 12.2. The van der Waals surface area contributed by atoms with Gasteiger partial charge in [0.25, 0.3) is 0 Å². The van der Waals surface area contributed by atoms with Gasteiger partial charge >= 0.3 is 0 Å². The number of aliphatic hydroxyl groups is 1. The van der Waals surface area contributed by atoms with Crippen LogP contribution in [0.15, 0.2) is 30.3 Å². The molecule has 6 nitrogen and oxygen atoms in total. The summed E-state index contributed by atoms with van der Waals surface area (Å²) in [6, 6.07) is 9.03. The van der Waals surface area contributed by atoms with Gasteiger partial charge in [0.1, 0.15) is 5.25 Å². The topological polar surface area (TPSA) is 78.9 Å². The normalized spacial score (nSPS) is 24.7. The Kier molecular flexibility index (Phi) is 4.54. The lowest BCUT2D eigenvalue weighted by Crippen LogP contribution is -2.40. The number of nitrogens with zero attached hydrogens (tertiary/aromatic N) is 1. The van der Waals surface area contributed by atoms with Gasteiger partial charge in [-0.1, -0.05) is 30.3 Å². The largest absolute Gasteiger partial charge is 0.395 e. The summed E-state index contributed by atoms with van der Waals surface area (Å²) in [6.07, 6.45) is 0. The van der Waals surface area contributed by atoms with E-state index in [1.165, 1.54) is 0 Å². The van der Waals surface area contributed by atoms with E-state index in [4.69, 9.17) is 9.94 Å². The van der Waals surface area contributed by atoms with E-state index in [2.05, 4.69) is 4.72 Å². The molecule has 7 heteroatoms. The molecular formula is C12H18N2O4S. The lowest BCUT2D eigenvalue weighted by molar-refractivity contribution is -0.110. The summed E-state index contributed by atoms with van der Waals surface area (Å²) in [5, 5.41) is 9.62. The summed E-state index contributed by atoms with van der Waals surface area (Å²) in [5.74, 6) is 0. The molecule has 0 aliphatic carbocycles. The van der Waals surface area contributed by atoms with Gasteiger partial charge in [0.15, 0.2) is 0 Å². The average Bonchev–Trinajstić information content (AvgIpc) is 2.80. The van der Waals surface area contributed by atoms with Crippen LogP contribution in [0.2, 0.25) is 0 Å². The molecule has 1 saturated heterocycles. The quantitative estimate of drug-likeness (QED) is 0.789. The molecule has 0 spiro atoms. The van der Waals surface area contributed by atoms with E-state index in [0.29, 0.717) is 0 Å². The molecule has 106 valence electrons. The standard InChI is InChI=1S/C12H18N2O4S/c1-14-12(10-5-3-2-4-6-10)11(9-18-14)19(16,17)13-7-8-15/h2-6,11-13,15H,7-9H2,1H3/t11-,12+/m0/s1. The Hall–Kier alpha value is -0.990. The Bertz CT molecular complexity index is 506. The highest BCUT2D eigenvalue weighted by atomic mass is 32.2. The van der Waals surface area contributed by atoms with Crippen LogP contribution < -0.4 is 4.72 Å². The van der Waals surface area contributed by atoms with Gasteiger partial charge in [-0.15, -0.1) is 0 Å². The van der Waals surface area contributed by atoms with Crippen molar-refractivity contribution in [2.45, 2.75) is 11.3 Å². The summed E-state index contributed by atoms with van der Waals surface area (Å²) in [6.45, 7) is -0.0977. The molecule has 1 aromatic carbocycles. The second-order valence-electron chi connectivity index (χ2n) is 4.40. The molecule has 1 heterocycles. The molecule has 2 N–H and O–H groups in total. The summed E-state index contributed by atoms with van der Waals surface area (Å²) in [4.78, 5) is 5.35. The molecule has 0 amide bonds. The zero-order valence-electron chi connectivity index (χ0n) is 10.7. The van der Waals surface area contributed by atoms with Gasteiger partial charge < -0.3 is 5.11 Å². The van der Waals surface area contributed by atoms with Crippen molar-refractivity contribution < 1.29 is 18.4 Å². The summed E-state index contributed by atoms with van der Waals surface area (Å²) in [5.41, 5.74) is 0.891. The Morgan fingerprint density at radius 3 is 2.74 bits per heavy atom. The minimum absolute atomic E-state index is 0.0179. The molecule has 0 aromatic heterocycles. The zero-order valence-corrected chi connectivity index (χ0v) is 11.5. The van der Waals surface area contributed by atoms with Crippen LogP contribution in [0.4, 0.5) is 0 Å². The number of sulfonamides is 1. The van der Waals surface area contributed by atoms with E-state index in [1.807, 2.05) is 30.3 Å². The lowest BCUT2D eigenvalue weighted by atomic mass is 10.0. The molecule has 1 aromatic rings. The SMILES string of the molecule is CN1OC[C@H](S(=O)(=O)NCCO)[C@H]1c1ccccc1. The van der Waals surface area contributed by atoms with Crippen LogP contribution in [0, 0.1) is 0 Å². The summed E-state index contributed by atoms with van der Waals surface area (Å²) >= 11 is 0. The first kappa shape index (κ1) is 14.4. The molecule has 0 bridgehead atoms. The first-order valence-electron chi connectivity index (χ1n) is 6.06. The summed E-state index contributed by atoms with van der Waals surface area (Å²) < 4.78 is 26.8. The van der Waals surface area contributed by atoms with Crippen molar-refractivity contribution in [3.63, 3.8) is 0 Å². The fourth-order valence-corrected chi connectivity index (χ4v) is 3.72. The van der Waals surface area contributed by atoms with E-state index in [-0.39, 0.29) is 25.8 Å². The Morgan fingerprint density at radius 1 is 1.42 bits per heavy atom. The van der Waals surface area contributed by atoms with Crippen molar-refractivity contribution >= 4 is 10.0 Å². The minimum Gasteiger partial charge on any atom is -0.395 e. The summed E-state index contributed by atoms with van der Waals surface area (Å²) in [7, 11) is -1.81. The van der Waals surface area contributed by atoms with Crippen molar-refractivity contribution in [1.82, 2.24) is 9.79 Å². The third-order valence-corrected chi connectivity index (χ3v) is 4.94. The van der Waals surface area contributed by atoms with Crippen LogP contribution in [0.3, 0.4) is 0 Å². The zero-order chi connectivity index (χ0) is 13.9. The van der Waals surface area contributed by atoms with E-state index < -0.39 is 15.3 Å². The molecule has 1 fully saturated rings. The van der Waals surface area contributed by atoms with Crippen LogP contribution >= 0.6 is 0 Å². The van der Waals surface area contributed by atoms with E-state index >= 15 is 0 Å². The van der Waals surface area contributed by atoms with Crippen LogP contribution in [0.25, 0.3) is 0 Å². The highest BCUT2D eigenvalue weighted by Gasteiger charge is 2.42. The number of nitrogens with one attached hydrogen (secondary N) is 1. The molecule has 0 radical (unpaired) electrons. The predicted molar refractivity (Wildman–Crippen MR) is 70.7 cm³/mol. The molecule has 1 aliphatic heterocycles. The van der Waals surface area contributed by atoms with Crippen molar-refractivity contribution in [2.75, 3.05) is 26.8 Å². The van der Waals surface area contributed by atoms with Crippen molar-refractivity contribution in [2.24, 2.45) is 0 Å². The van der Waals surface area contributed by atoms with E-state index in [9.17, 15) is 8.42 Å². The number of aliphatic hydroxyl groups excluding tert-OH is 1. The molecule has 0 unspecified atom stereocenters. The number of hydrogen-bond acceptors (Lipinski definition) is 5. The van der Waals surface area contributed by atoms with Crippen molar-refractivity contribution in [1.29, 1.82) is 0 Å². The van der Waals surface area contributed by atoms with Gasteiger partial charge in [0.05, 0.1) is 19.3 Å². The molecule has 0 saturated carbocycles. The average molecular weight is 286 g/mol. The van der Waals surface area contributed by atoms with E-state index in [0.717, 1.165) is 5.56 Å². The molecule has 2 atom stereocenters. The van der Waals surface area contributed by atoms with Gasteiger partial charge in [-0.2, -0.15) is 5.06 Å². The maximum Gasteiger partial charge on any atom is 0.218 e. The second kappa shape index (κ2) is 5.98. The van der Waals surface area contributed by atoms with Crippen LogP contribution in [-0.2, 0) is 14.9 Å². The second-order valence-corrected chi connectivity index (χ2v) is 6.38. The highest BCUT2D eigenvalue weighted by Crippen LogP contribution is 2.32. The fraction of sp³-hybridized carbons (Fsp3) is 0.500. The molecule has 1 aliphatic rings. The van der Waals surface area contributed by atoms with Gasteiger partial charge in [-0.3, -0.25) is 4.84 Å². The van der Waals surface area contributed by atoms with Gasteiger partial charge in [0.2, 0.25) is 10.0 Å². The monoisotopic (exact) mass is 286 g/mol. The first-order chi connectivity index (χ1) is 9.06. The van der Waals surface area contributed by atoms with Gasteiger partial charge in [-0.25, -0.2) is 13.1 Å². The van der Waals surface area contributed by atoms with Crippen molar-refractivity contribution in [3.05, 3.63) is 35.9 Å². The third kappa shape index (κ3) is 3.13. The number of hydroxylamine groups is 2. The Balaban J connectivity index is 2.25. The minimum atomic E-state index is -3.53. The Morgan fingerprint density at radius 2 is 2.11 bits per heavy atom. The Labute approximate surface area is 113 Å². The van der Waals surface area contributed by atoms with Gasteiger partial charge in [-0.05, 0) is 5.56 Å². The maximum absolute atomic E-state index is 12.2. The number of rotatable bonds is 5. The van der Waals surface area contributed by atoms with E-state index in [1.54, 1.807) is 12.1 Å². The predicted octanol–water partition coefficient (Wildman–Crippen LogP) is -0.115. The van der Waals surface area contributed by atoms with Gasteiger partial charge in [0, 0.05) is 13.6 Å². The fourth-order valence-electron chi connectivity index (χ4n) is 2.23. The number of hydrogen-bond donors (Lipinski definition) is 2. The van der Waals surface area contributed by atoms with Crippen molar-refractivity contribution in [3.8, 4) is 0 Å². The third-order valence-electron chi connectivity index (χ3n) is 3.14. The first-order valence-corrected chi connectivity index (χ1v) is 7.61. The van der Waals surface area contributed by atoms with Crippen LogP contribution in [-0.4, -0.2) is 50.6 Å². The lowest BCUT2D eigenvalue weighted by Gasteiger charge is -2.22. The van der Waals surface area contributed by atoms with Crippen LogP contribution in [0.1, 0.15) is 11.6 Å². The molecular weight excluding hydrogens is 268 g/mol.